The standard InChI is InChI=1S/2C32H33O.C2H6Si.2ClH.Zr/c2*1-20-12-13-21-14-24(30-27-11-9-8-10-22(27)19-33-30)17-28(21)29(20)23-15-25(31(2,3)4)18-26(16-23)32(5,6)7;1-3-2;;;/h2*8-19H,1-7H3;1-2H3;2*1H;/q2*-1;;;;+2/p-2. The van der Waals surface area contributed by atoms with Gasteiger partial charge in [0.25, 0.3) is 0 Å². The first kappa shape index (κ1) is 53.6. The van der Waals surface area contributed by atoms with Crippen molar-refractivity contribution >= 4 is 65.5 Å². The molecule has 0 bridgehead atoms. The second-order valence-corrected chi connectivity index (χ2v) is 47.2. The third-order valence-corrected chi connectivity index (χ3v) is 33.8. The second kappa shape index (κ2) is 20.5. The summed E-state index contributed by atoms with van der Waals surface area (Å²) in [4.78, 5) is 0. The number of benzene rings is 6. The molecule has 2 aromatic heterocycles. The summed E-state index contributed by atoms with van der Waals surface area (Å²) < 4.78 is 12.1. The maximum absolute atomic E-state index is 6.03. The summed E-state index contributed by atoms with van der Waals surface area (Å²) in [6.07, 6.45) is 3.72. The van der Waals surface area contributed by atoms with Gasteiger partial charge in [0.05, 0.1) is 24.0 Å². The first-order valence-electron chi connectivity index (χ1n) is 25.3. The molecule has 0 saturated heterocycles. The van der Waals surface area contributed by atoms with Gasteiger partial charge in [0.15, 0.2) is 0 Å². The Morgan fingerprint density at radius 3 is 1.06 bits per heavy atom. The van der Waals surface area contributed by atoms with Crippen LogP contribution in [0.5, 0.6) is 0 Å². The first-order valence-corrected chi connectivity index (χ1v) is 37.9. The van der Waals surface area contributed by atoms with Gasteiger partial charge >= 0.3 is 53.5 Å². The SMILES string of the molecule is C[Si](C)=[Zr]([Cl])[Cl].Cc1ccc2[cH-]c(-c3occ4ccccc34)cc2c1-c1cc(C(C)(C)C)cc(C(C)(C)C)c1.Cc1ccc2[cH-]c(-c3occ4ccccc34)cc2c1-c1cc(C(C)(C)C)cc(C(C)(C)C)c1. The second-order valence-electron chi connectivity index (χ2n) is 24.2. The Kier molecular flexibility index (Phi) is 15.3. The van der Waals surface area contributed by atoms with Gasteiger partial charge in [-0.15, -0.1) is 57.9 Å². The van der Waals surface area contributed by atoms with E-state index in [2.05, 4.69) is 243 Å². The van der Waals surface area contributed by atoms with E-state index in [4.69, 9.17) is 25.9 Å². The van der Waals surface area contributed by atoms with E-state index in [1.54, 1.807) is 0 Å². The van der Waals surface area contributed by atoms with Crippen LogP contribution >= 0.6 is 17.0 Å². The Hall–Kier alpha value is -4.70. The monoisotopic (exact) mass is 1080 g/mol. The number of fused-ring (bicyclic) bond motifs is 4. The third kappa shape index (κ3) is 11.5. The molecule has 0 atom stereocenters. The molecule has 2 nitrogen and oxygen atoms in total. The molecule has 0 fully saturated rings. The quantitative estimate of drug-likeness (QED) is 0.130. The molecular weight excluding hydrogens is 1010 g/mol. The van der Waals surface area contributed by atoms with Crippen molar-refractivity contribution in [2.24, 2.45) is 0 Å². The smallest absolute Gasteiger partial charge is 0.0875 e. The zero-order valence-electron chi connectivity index (χ0n) is 45.4. The Labute approximate surface area is 444 Å². The third-order valence-electron chi connectivity index (χ3n) is 14.0. The van der Waals surface area contributed by atoms with Crippen molar-refractivity contribution in [3.05, 3.63) is 179 Å². The number of furan rings is 2. The Bertz CT molecular complexity index is 3320. The summed E-state index contributed by atoms with van der Waals surface area (Å²) in [5, 5.41) is 9.69. The molecule has 0 aliphatic rings. The number of hydrogen-bond acceptors (Lipinski definition) is 2. The van der Waals surface area contributed by atoms with Crippen LogP contribution < -0.4 is 0 Å². The van der Waals surface area contributed by atoms with Crippen LogP contribution in [0.2, 0.25) is 13.1 Å². The molecule has 0 N–H and O–H groups in total. The number of hydrogen-bond donors (Lipinski definition) is 0. The minimum atomic E-state index is -1.65. The van der Waals surface area contributed by atoms with E-state index >= 15 is 0 Å². The number of aryl methyl sites for hydroxylation is 2. The molecule has 0 saturated carbocycles. The Morgan fingerprint density at radius 1 is 0.431 bits per heavy atom. The number of halogens is 2. The van der Waals surface area contributed by atoms with Gasteiger partial charge in [0.2, 0.25) is 0 Å². The molecule has 0 aliphatic carbocycles. The molecule has 0 amide bonds. The largest absolute Gasteiger partial charge is 0.498 e. The molecule has 10 aromatic rings. The fourth-order valence-electron chi connectivity index (χ4n) is 9.52. The van der Waals surface area contributed by atoms with Crippen LogP contribution in [0.25, 0.3) is 88.0 Å². The van der Waals surface area contributed by atoms with Crippen molar-refractivity contribution in [2.45, 2.75) is 132 Å². The zero-order chi connectivity index (χ0) is 52.2. The molecule has 0 radical (unpaired) electrons. The van der Waals surface area contributed by atoms with Gasteiger partial charge in [0.1, 0.15) is 0 Å². The minimum absolute atomic E-state index is 0.0854. The molecular formula is C66H72Cl2O2SiZr-2. The van der Waals surface area contributed by atoms with Crippen molar-refractivity contribution in [1.82, 2.24) is 0 Å². The number of rotatable bonds is 4. The fourth-order valence-corrected chi connectivity index (χ4v) is 9.52. The summed E-state index contributed by atoms with van der Waals surface area (Å²) in [5.74, 6) is 1.90. The van der Waals surface area contributed by atoms with Crippen LogP contribution in [-0.2, 0) is 39.6 Å². The van der Waals surface area contributed by atoms with Crippen molar-refractivity contribution in [2.75, 3.05) is 0 Å². The van der Waals surface area contributed by atoms with Crippen LogP contribution in [0.4, 0.5) is 0 Å². The maximum atomic E-state index is 6.03. The van der Waals surface area contributed by atoms with Gasteiger partial charge in [0, 0.05) is 10.8 Å². The Morgan fingerprint density at radius 2 is 0.750 bits per heavy atom. The average molecular weight is 1090 g/mol. The topological polar surface area (TPSA) is 26.3 Å². The van der Waals surface area contributed by atoms with Crippen LogP contribution in [-0.4, -0.2) is 5.43 Å². The van der Waals surface area contributed by atoms with Crippen LogP contribution in [0.1, 0.15) is 116 Å². The van der Waals surface area contributed by atoms with Gasteiger partial charge in [-0.2, -0.15) is 0 Å². The summed E-state index contributed by atoms with van der Waals surface area (Å²) in [7, 11) is 11.2. The predicted molar refractivity (Wildman–Crippen MR) is 314 cm³/mol. The molecule has 2 heterocycles. The molecule has 72 heavy (non-hydrogen) atoms. The van der Waals surface area contributed by atoms with Crippen molar-refractivity contribution in [3.8, 4) is 44.9 Å². The fraction of sp³-hybridized carbons (Fsp3) is 0.303. The minimum Gasteiger partial charge on any atom is -0.498 e. The van der Waals surface area contributed by atoms with E-state index in [0.29, 0.717) is 0 Å². The van der Waals surface area contributed by atoms with Crippen LogP contribution in [0.3, 0.4) is 0 Å². The van der Waals surface area contributed by atoms with Gasteiger partial charge < -0.3 is 8.83 Å². The average Bonchev–Trinajstić information content (AvgIpc) is 4.13. The van der Waals surface area contributed by atoms with Crippen molar-refractivity contribution < 1.29 is 26.8 Å². The molecule has 0 aliphatic heterocycles. The normalized spacial score (nSPS) is 12.3. The molecule has 0 spiro atoms. The van der Waals surface area contributed by atoms with Gasteiger partial charge in [-0.05, 0) is 90.8 Å². The van der Waals surface area contributed by atoms with Gasteiger partial charge in [-0.25, -0.2) is 0 Å². The maximum Gasteiger partial charge on any atom is 0.0875 e. The van der Waals surface area contributed by atoms with E-state index in [1.165, 1.54) is 77.2 Å². The first-order chi connectivity index (χ1) is 33.7. The summed E-state index contributed by atoms with van der Waals surface area (Å²) >= 11 is -1.65. The van der Waals surface area contributed by atoms with E-state index < -0.39 is 18.0 Å². The zero-order valence-corrected chi connectivity index (χ0v) is 50.4. The van der Waals surface area contributed by atoms with Crippen molar-refractivity contribution in [3.63, 3.8) is 0 Å². The van der Waals surface area contributed by atoms with E-state index in [0.717, 1.165) is 44.2 Å². The predicted octanol–water partition coefficient (Wildman–Crippen LogP) is 21.2. The van der Waals surface area contributed by atoms with Crippen molar-refractivity contribution in [1.29, 1.82) is 0 Å². The van der Waals surface area contributed by atoms with Crippen LogP contribution in [0, 0.1) is 13.8 Å². The van der Waals surface area contributed by atoms with E-state index in [1.807, 2.05) is 12.5 Å². The van der Waals surface area contributed by atoms with Crippen LogP contribution in [0.15, 0.2) is 155 Å². The molecule has 372 valence electrons. The molecule has 6 heteroatoms. The van der Waals surface area contributed by atoms with Gasteiger partial charge in [-0.1, -0.05) is 202 Å². The summed E-state index contributed by atoms with van der Waals surface area (Å²) in [6, 6.07) is 49.2. The molecule has 8 aromatic carbocycles. The Balaban J connectivity index is 0.000000173. The van der Waals surface area contributed by atoms with Gasteiger partial charge in [-0.3, -0.25) is 0 Å². The summed E-state index contributed by atoms with van der Waals surface area (Å²) in [5.41, 5.74) is 15.8. The van der Waals surface area contributed by atoms with E-state index in [-0.39, 0.29) is 27.1 Å². The summed E-state index contributed by atoms with van der Waals surface area (Å²) in [6.45, 7) is 36.4. The van der Waals surface area contributed by atoms with E-state index in [9.17, 15) is 0 Å². The molecule has 10 rings (SSSR count). The molecule has 0 unspecified atom stereocenters.